The van der Waals surface area contributed by atoms with Crippen LogP contribution < -0.4 is 10.6 Å². The number of aromatic nitrogens is 2. The summed E-state index contributed by atoms with van der Waals surface area (Å²) in [6.07, 6.45) is -6.41. The first-order valence-corrected chi connectivity index (χ1v) is 11.4. The second-order valence-electron chi connectivity index (χ2n) is 9.06. The number of halogens is 7. The number of carbonyl (C=O) groups is 2. The quantitative estimate of drug-likeness (QED) is 0.415. The van der Waals surface area contributed by atoms with Crippen LogP contribution in [-0.4, -0.2) is 61.7 Å². The van der Waals surface area contributed by atoms with Crippen molar-refractivity contribution in [3.8, 4) is 0 Å². The maximum absolute atomic E-state index is 14.7. The van der Waals surface area contributed by atoms with Gasteiger partial charge in [0.2, 0.25) is 5.91 Å². The molecule has 0 bridgehead atoms. The molecule has 1 amide bonds. The van der Waals surface area contributed by atoms with Crippen molar-refractivity contribution in [2.75, 3.05) is 17.2 Å². The van der Waals surface area contributed by atoms with Crippen LogP contribution in [0.25, 0.3) is 0 Å². The lowest BCUT2D eigenvalue weighted by molar-refractivity contribution is -0.153. The number of amides is 1. The van der Waals surface area contributed by atoms with Crippen molar-refractivity contribution in [2.24, 2.45) is 11.8 Å². The van der Waals surface area contributed by atoms with E-state index < -0.39 is 78.1 Å². The summed E-state index contributed by atoms with van der Waals surface area (Å²) in [5, 5.41) is 26.1. The van der Waals surface area contributed by atoms with Gasteiger partial charge in [-0.3, -0.25) is 19.5 Å². The lowest BCUT2D eigenvalue weighted by Crippen LogP contribution is -2.56. The van der Waals surface area contributed by atoms with Crippen LogP contribution in [-0.2, 0) is 21.3 Å². The van der Waals surface area contributed by atoms with E-state index in [4.69, 9.17) is 23.2 Å². The van der Waals surface area contributed by atoms with Crippen LogP contribution in [0.1, 0.15) is 17.7 Å². The van der Waals surface area contributed by atoms with Gasteiger partial charge in [0.05, 0.1) is 41.5 Å². The molecule has 3 aliphatic rings. The minimum atomic E-state index is -4.89. The number of benzene rings is 1. The number of aliphatic carboxylic acids is 1. The highest BCUT2D eigenvalue weighted by molar-refractivity contribution is 6.36. The Morgan fingerprint density at radius 3 is 2.57 bits per heavy atom. The fraction of sp³-hybridized carbons (Fsp3) is 0.429. The summed E-state index contributed by atoms with van der Waals surface area (Å²) >= 11 is 12.4. The van der Waals surface area contributed by atoms with E-state index in [2.05, 4.69) is 20.6 Å². The predicted octanol–water partition coefficient (Wildman–Crippen LogP) is 3.42. The minimum absolute atomic E-state index is 0.00163. The lowest BCUT2D eigenvalue weighted by atomic mass is 9.73. The van der Waals surface area contributed by atoms with Crippen LogP contribution in [0.5, 0.6) is 0 Å². The van der Waals surface area contributed by atoms with Crippen molar-refractivity contribution in [3.63, 3.8) is 0 Å². The van der Waals surface area contributed by atoms with Crippen molar-refractivity contribution in [1.29, 1.82) is 0 Å². The topological polar surface area (TPSA) is 128 Å². The van der Waals surface area contributed by atoms with Gasteiger partial charge in [0.25, 0.3) is 5.92 Å². The van der Waals surface area contributed by atoms with Crippen molar-refractivity contribution >= 4 is 46.6 Å². The molecule has 0 saturated carbocycles. The Hall–Kier alpha value is -2.81. The van der Waals surface area contributed by atoms with Crippen LogP contribution >= 0.6 is 23.2 Å². The molecule has 2 fully saturated rings. The van der Waals surface area contributed by atoms with Gasteiger partial charge in [0.1, 0.15) is 11.8 Å². The molecule has 2 aromatic rings. The van der Waals surface area contributed by atoms with Crippen molar-refractivity contribution < 1.29 is 41.8 Å². The Bertz CT molecular complexity index is 1310. The smallest absolute Gasteiger partial charge is 0.434 e. The third-order valence-corrected chi connectivity index (χ3v) is 7.48. The average molecular weight is 568 g/mol. The van der Waals surface area contributed by atoms with Gasteiger partial charge in [-0.25, -0.2) is 13.8 Å². The van der Waals surface area contributed by atoms with Crippen LogP contribution in [0, 0.1) is 11.8 Å². The van der Waals surface area contributed by atoms with Gasteiger partial charge < -0.3 is 20.8 Å². The van der Waals surface area contributed by atoms with Gasteiger partial charge in [-0.2, -0.15) is 13.2 Å². The van der Waals surface area contributed by atoms with E-state index in [0.29, 0.717) is 6.20 Å². The van der Waals surface area contributed by atoms with Crippen LogP contribution in [0.3, 0.4) is 0 Å². The molecule has 4 N–H and O–H groups in total. The Kier molecular flexibility index (Phi) is 5.83. The molecule has 1 aromatic heterocycles. The number of aliphatic hydroxyl groups is 1. The number of alkyl halides is 5. The number of rotatable bonds is 3. The zero-order valence-corrected chi connectivity index (χ0v) is 19.7. The Morgan fingerprint density at radius 2 is 1.92 bits per heavy atom. The standard InChI is InChI=1S/C21H16Cl2F5N5O4/c22-7-1-8-15(9(23)2-7)32-18(37)20(8)14(17(35)36)13(10-3-19(24,25)6-33(10)20)16(34)31-12-5-29-4-11(30-12)21(26,27)28/h1-2,4-5,10,13-14,18,32,37H,3,6H2,(H,35,36)(H,30,31,34). The third kappa shape index (κ3) is 3.88. The van der Waals surface area contributed by atoms with E-state index in [9.17, 15) is 41.8 Å². The number of nitrogens with zero attached hydrogens (tertiary/aromatic N) is 3. The molecular weight excluding hydrogens is 552 g/mol. The summed E-state index contributed by atoms with van der Waals surface area (Å²) in [5.74, 6) is -10.4. The number of carbonyl (C=O) groups excluding carboxylic acids is 1. The summed E-state index contributed by atoms with van der Waals surface area (Å²) in [5.41, 5.74) is -3.47. The van der Waals surface area contributed by atoms with Crippen LogP contribution in [0.15, 0.2) is 24.5 Å². The number of nitrogens with one attached hydrogen (secondary N) is 2. The zero-order valence-electron chi connectivity index (χ0n) is 18.2. The zero-order chi connectivity index (χ0) is 27.1. The molecule has 3 aliphatic heterocycles. The van der Waals surface area contributed by atoms with Gasteiger partial charge in [-0.1, -0.05) is 23.2 Å². The minimum Gasteiger partial charge on any atom is -0.481 e. The normalized spacial score (nSPS) is 30.2. The molecule has 5 atom stereocenters. The molecule has 0 radical (unpaired) electrons. The van der Waals surface area contributed by atoms with Crippen molar-refractivity contribution in [1.82, 2.24) is 14.9 Å². The van der Waals surface area contributed by atoms with Gasteiger partial charge in [0.15, 0.2) is 11.5 Å². The molecule has 2 saturated heterocycles. The molecule has 16 heteroatoms. The number of carboxylic acid groups (broad SMARTS) is 1. The Balaban J connectivity index is 1.64. The maximum atomic E-state index is 14.7. The first-order valence-electron chi connectivity index (χ1n) is 10.7. The first-order chi connectivity index (χ1) is 17.2. The van der Waals surface area contributed by atoms with Gasteiger partial charge in [-0.15, -0.1) is 0 Å². The number of anilines is 2. The van der Waals surface area contributed by atoms with Gasteiger partial charge in [0, 0.05) is 23.0 Å². The fourth-order valence-electron chi connectivity index (χ4n) is 5.77. The number of aliphatic hydroxyl groups excluding tert-OH is 1. The summed E-state index contributed by atoms with van der Waals surface area (Å²) in [7, 11) is 0. The van der Waals surface area contributed by atoms with Crippen molar-refractivity contribution in [3.05, 3.63) is 45.8 Å². The molecule has 37 heavy (non-hydrogen) atoms. The van der Waals surface area contributed by atoms with Crippen molar-refractivity contribution in [2.45, 2.75) is 36.3 Å². The van der Waals surface area contributed by atoms with Gasteiger partial charge in [-0.05, 0) is 12.1 Å². The highest BCUT2D eigenvalue weighted by atomic mass is 35.5. The molecule has 198 valence electrons. The third-order valence-electron chi connectivity index (χ3n) is 6.96. The lowest BCUT2D eigenvalue weighted by Gasteiger charge is -2.40. The van der Waals surface area contributed by atoms with E-state index in [0.717, 1.165) is 11.1 Å². The second-order valence-corrected chi connectivity index (χ2v) is 9.90. The number of fused-ring (bicyclic) bond motifs is 4. The maximum Gasteiger partial charge on any atom is 0.434 e. The second kappa shape index (κ2) is 8.35. The largest absolute Gasteiger partial charge is 0.481 e. The molecular formula is C21H16Cl2F5N5O4. The number of carboxylic acids is 1. The summed E-state index contributed by atoms with van der Waals surface area (Å²) in [6, 6.07) is 1.15. The Labute approximate surface area is 214 Å². The van der Waals surface area contributed by atoms with E-state index >= 15 is 0 Å². The SMILES string of the molecule is O=C(Nc1cncc(C(F)(F)F)n1)C1C2CC(F)(F)CN2C2(c3cc(Cl)cc(Cl)c3NC2O)C1C(=O)O. The number of hydrogen-bond donors (Lipinski definition) is 4. The van der Waals surface area contributed by atoms with E-state index in [1.165, 1.54) is 12.1 Å². The molecule has 1 aromatic carbocycles. The summed E-state index contributed by atoms with van der Waals surface area (Å²) in [6.45, 7) is -1.00. The average Bonchev–Trinajstić information content (AvgIpc) is 3.34. The highest BCUT2D eigenvalue weighted by Crippen LogP contribution is 2.62. The monoisotopic (exact) mass is 567 g/mol. The fourth-order valence-corrected chi connectivity index (χ4v) is 6.32. The summed E-state index contributed by atoms with van der Waals surface area (Å²) < 4.78 is 68.6. The molecule has 1 spiro atoms. The van der Waals surface area contributed by atoms with E-state index in [1.54, 1.807) is 0 Å². The molecule has 5 rings (SSSR count). The molecule has 0 aliphatic carbocycles. The molecule has 4 heterocycles. The Morgan fingerprint density at radius 1 is 1.22 bits per heavy atom. The van der Waals surface area contributed by atoms with E-state index in [-0.39, 0.29) is 21.3 Å². The molecule has 9 nitrogen and oxygen atoms in total. The van der Waals surface area contributed by atoms with Crippen LogP contribution in [0.2, 0.25) is 10.0 Å². The van der Waals surface area contributed by atoms with Gasteiger partial charge >= 0.3 is 12.1 Å². The molecule has 5 unspecified atom stereocenters. The number of hydrogen-bond acceptors (Lipinski definition) is 7. The van der Waals surface area contributed by atoms with E-state index in [1.807, 2.05) is 0 Å². The van der Waals surface area contributed by atoms with Crippen LogP contribution in [0.4, 0.5) is 33.5 Å². The predicted molar refractivity (Wildman–Crippen MR) is 118 cm³/mol. The summed E-state index contributed by atoms with van der Waals surface area (Å²) in [4.78, 5) is 33.8. The highest BCUT2D eigenvalue weighted by Gasteiger charge is 2.74. The first kappa shape index (κ1) is 25.8.